The normalized spacial score (nSPS) is 19.9. The molecule has 0 amide bonds. The van der Waals surface area contributed by atoms with Crippen LogP contribution >= 0.6 is 15.9 Å². The van der Waals surface area contributed by atoms with E-state index in [-0.39, 0.29) is 6.10 Å². The Morgan fingerprint density at radius 2 is 2.00 bits per heavy atom. The van der Waals surface area contributed by atoms with Gasteiger partial charge in [-0.25, -0.2) is 0 Å². The van der Waals surface area contributed by atoms with Crippen LogP contribution in [0.2, 0.25) is 0 Å². The largest absolute Gasteiger partial charge is 0.369 e. The molecule has 0 radical (unpaired) electrons. The molecule has 0 aromatic heterocycles. The summed E-state index contributed by atoms with van der Waals surface area (Å²) in [6.07, 6.45) is 3.41. The van der Waals surface area contributed by atoms with Crippen molar-refractivity contribution < 1.29 is 4.74 Å². The molecule has 0 fully saturated rings. The Morgan fingerprint density at radius 3 is 2.78 bits per heavy atom. The Bertz CT molecular complexity index is 616. The minimum absolute atomic E-state index is 0.174. The third-order valence-electron chi connectivity index (χ3n) is 3.43. The minimum atomic E-state index is 0.174. The first-order valence-corrected chi connectivity index (χ1v) is 6.99. The number of fused-ring (bicyclic) bond motifs is 1. The summed E-state index contributed by atoms with van der Waals surface area (Å²) in [5, 5.41) is 2.51. The molecule has 18 heavy (non-hydrogen) atoms. The van der Waals surface area contributed by atoms with Crippen molar-refractivity contribution in [3.8, 4) is 0 Å². The number of ether oxygens (including phenoxy) is 1. The summed E-state index contributed by atoms with van der Waals surface area (Å²) in [6, 6.07) is 12.8. The van der Waals surface area contributed by atoms with Crippen LogP contribution in [0, 0.1) is 0 Å². The molecule has 1 unspecified atom stereocenters. The minimum Gasteiger partial charge on any atom is -0.369 e. The van der Waals surface area contributed by atoms with Crippen LogP contribution in [0.25, 0.3) is 10.8 Å². The van der Waals surface area contributed by atoms with Crippen molar-refractivity contribution in [1.29, 1.82) is 0 Å². The highest BCUT2D eigenvalue weighted by Gasteiger charge is 2.18. The van der Waals surface area contributed by atoms with Crippen molar-refractivity contribution in [3.05, 3.63) is 58.1 Å². The molecule has 0 saturated heterocycles. The molecule has 2 heteroatoms. The predicted octanol–water partition coefficient (Wildman–Crippen LogP) is 5.01. The molecule has 0 spiro atoms. The van der Waals surface area contributed by atoms with Crippen LogP contribution in [0.5, 0.6) is 0 Å². The molecule has 0 saturated carbocycles. The third-order valence-corrected chi connectivity index (χ3v) is 4.32. The number of halogens is 1. The van der Waals surface area contributed by atoms with E-state index >= 15 is 0 Å². The van der Waals surface area contributed by atoms with Crippen LogP contribution in [0.15, 0.2) is 52.5 Å². The van der Waals surface area contributed by atoms with Crippen LogP contribution in [-0.2, 0) is 4.74 Å². The number of benzene rings is 2. The molecular weight excluding hydrogens is 288 g/mol. The van der Waals surface area contributed by atoms with Gasteiger partial charge in [-0.05, 0) is 45.6 Å². The van der Waals surface area contributed by atoms with Crippen molar-refractivity contribution in [2.75, 3.05) is 6.61 Å². The second-order valence-electron chi connectivity index (χ2n) is 4.78. The number of hydrogen-bond acceptors (Lipinski definition) is 1. The molecule has 1 aliphatic rings. The SMILES string of the molecule is CC1=CCC(c2ccc3ccccc3c2Br)OC1. The van der Waals surface area contributed by atoms with Gasteiger partial charge in [0.15, 0.2) is 0 Å². The lowest BCUT2D eigenvalue weighted by Crippen LogP contribution is -2.11. The molecule has 0 N–H and O–H groups in total. The maximum atomic E-state index is 5.91. The Kier molecular flexibility index (Phi) is 3.23. The van der Waals surface area contributed by atoms with E-state index < -0.39 is 0 Å². The predicted molar refractivity (Wildman–Crippen MR) is 78.7 cm³/mol. The molecule has 1 heterocycles. The lowest BCUT2D eigenvalue weighted by Gasteiger charge is -2.23. The van der Waals surface area contributed by atoms with E-state index in [0.29, 0.717) is 0 Å². The standard InChI is InChI=1S/C16H15BrO/c1-11-6-9-15(18-10-11)14-8-7-12-4-2-3-5-13(12)16(14)17/h2-8,15H,9-10H2,1H3. The second kappa shape index (κ2) is 4.87. The first kappa shape index (κ1) is 11.9. The van der Waals surface area contributed by atoms with Gasteiger partial charge >= 0.3 is 0 Å². The van der Waals surface area contributed by atoms with E-state index in [1.54, 1.807) is 0 Å². The lowest BCUT2D eigenvalue weighted by molar-refractivity contribution is 0.0613. The van der Waals surface area contributed by atoms with Crippen molar-refractivity contribution in [2.45, 2.75) is 19.4 Å². The zero-order chi connectivity index (χ0) is 12.5. The van der Waals surface area contributed by atoms with E-state index in [2.05, 4.69) is 65.3 Å². The molecule has 1 atom stereocenters. The fraction of sp³-hybridized carbons (Fsp3) is 0.250. The summed E-state index contributed by atoms with van der Waals surface area (Å²) in [7, 11) is 0. The number of hydrogen-bond donors (Lipinski definition) is 0. The number of rotatable bonds is 1. The molecule has 2 aromatic rings. The monoisotopic (exact) mass is 302 g/mol. The topological polar surface area (TPSA) is 9.23 Å². The van der Waals surface area contributed by atoms with Crippen molar-refractivity contribution in [2.24, 2.45) is 0 Å². The van der Waals surface area contributed by atoms with Crippen molar-refractivity contribution in [1.82, 2.24) is 0 Å². The summed E-state index contributed by atoms with van der Waals surface area (Å²) < 4.78 is 7.07. The highest BCUT2D eigenvalue weighted by molar-refractivity contribution is 9.10. The molecule has 3 rings (SSSR count). The van der Waals surface area contributed by atoms with Crippen LogP contribution < -0.4 is 0 Å². The van der Waals surface area contributed by atoms with Gasteiger partial charge in [0.05, 0.1) is 12.7 Å². The van der Waals surface area contributed by atoms with Crippen molar-refractivity contribution >= 4 is 26.7 Å². The summed E-state index contributed by atoms with van der Waals surface area (Å²) in [5.74, 6) is 0. The molecular formula is C16H15BrO. The molecule has 92 valence electrons. The van der Waals surface area contributed by atoms with Gasteiger partial charge in [0.2, 0.25) is 0 Å². The first-order chi connectivity index (χ1) is 8.75. The lowest BCUT2D eigenvalue weighted by atomic mass is 9.99. The average molecular weight is 303 g/mol. The van der Waals surface area contributed by atoms with Crippen LogP contribution in [0.1, 0.15) is 25.0 Å². The van der Waals surface area contributed by atoms with Gasteiger partial charge in [0.1, 0.15) is 0 Å². The summed E-state index contributed by atoms with van der Waals surface area (Å²) in [4.78, 5) is 0. The van der Waals surface area contributed by atoms with Gasteiger partial charge in [0, 0.05) is 4.47 Å². The van der Waals surface area contributed by atoms with Crippen LogP contribution in [-0.4, -0.2) is 6.61 Å². The van der Waals surface area contributed by atoms with E-state index in [9.17, 15) is 0 Å². The molecule has 0 aliphatic carbocycles. The van der Waals surface area contributed by atoms with Gasteiger partial charge in [-0.2, -0.15) is 0 Å². The summed E-state index contributed by atoms with van der Waals surface area (Å²) >= 11 is 3.73. The van der Waals surface area contributed by atoms with Crippen LogP contribution in [0.3, 0.4) is 0 Å². The average Bonchev–Trinajstić information content (AvgIpc) is 2.41. The maximum Gasteiger partial charge on any atom is 0.0874 e. The summed E-state index contributed by atoms with van der Waals surface area (Å²) in [6.45, 7) is 2.86. The Hall–Kier alpha value is -1.12. The molecule has 2 aromatic carbocycles. The fourth-order valence-corrected chi connectivity index (χ4v) is 3.13. The van der Waals surface area contributed by atoms with E-state index in [1.807, 2.05) is 0 Å². The molecule has 1 nitrogen and oxygen atoms in total. The second-order valence-corrected chi connectivity index (χ2v) is 5.57. The quantitative estimate of drug-likeness (QED) is 0.673. The highest BCUT2D eigenvalue weighted by atomic mass is 79.9. The van der Waals surface area contributed by atoms with Gasteiger partial charge < -0.3 is 4.74 Å². The smallest absolute Gasteiger partial charge is 0.0874 e. The molecule has 0 bridgehead atoms. The Morgan fingerprint density at radius 1 is 1.17 bits per heavy atom. The first-order valence-electron chi connectivity index (χ1n) is 6.20. The third kappa shape index (κ3) is 2.11. The fourth-order valence-electron chi connectivity index (χ4n) is 2.38. The Balaban J connectivity index is 2.05. The highest BCUT2D eigenvalue weighted by Crippen LogP contribution is 2.36. The van der Waals surface area contributed by atoms with Gasteiger partial charge in [-0.3, -0.25) is 0 Å². The zero-order valence-corrected chi connectivity index (χ0v) is 11.9. The Labute approximate surface area is 116 Å². The summed E-state index contributed by atoms with van der Waals surface area (Å²) in [5.41, 5.74) is 2.57. The van der Waals surface area contributed by atoms with E-state index in [0.717, 1.165) is 13.0 Å². The van der Waals surface area contributed by atoms with E-state index in [1.165, 1.54) is 26.4 Å². The van der Waals surface area contributed by atoms with Gasteiger partial charge in [-0.15, -0.1) is 0 Å². The van der Waals surface area contributed by atoms with E-state index in [4.69, 9.17) is 4.74 Å². The molecule has 1 aliphatic heterocycles. The van der Waals surface area contributed by atoms with Gasteiger partial charge in [-0.1, -0.05) is 48.0 Å². The van der Waals surface area contributed by atoms with Gasteiger partial charge in [0.25, 0.3) is 0 Å². The maximum absolute atomic E-state index is 5.91. The van der Waals surface area contributed by atoms with Crippen molar-refractivity contribution in [3.63, 3.8) is 0 Å². The van der Waals surface area contributed by atoms with Crippen LogP contribution in [0.4, 0.5) is 0 Å². The zero-order valence-electron chi connectivity index (χ0n) is 10.3.